The maximum absolute atomic E-state index is 11.9. The smallest absolute Gasteiger partial charge is 0.348 e. The number of hydrogen-bond acceptors (Lipinski definition) is 3. The number of halogens is 2. The largest absolute Gasteiger partial charge is 0.492 e. The van der Waals surface area contributed by atoms with Crippen LogP contribution in [0.1, 0.15) is 12.0 Å². The van der Waals surface area contributed by atoms with Gasteiger partial charge in [0, 0.05) is 11.3 Å². The van der Waals surface area contributed by atoms with Gasteiger partial charge in [-0.2, -0.15) is 5.10 Å². The summed E-state index contributed by atoms with van der Waals surface area (Å²) in [7, 11) is 0. The summed E-state index contributed by atoms with van der Waals surface area (Å²) in [5, 5.41) is 7.77. The van der Waals surface area contributed by atoms with Crippen molar-refractivity contribution in [2.75, 3.05) is 12.5 Å². The molecule has 0 radical (unpaired) electrons. The first-order valence-electron chi connectivity index (χ1n) is 6.50. The van der Waals surface area contributed by atoms with Gasteiger partial charge in [-0.05, 0) is 37.1 Å². The van der Waals surface area contributed by atoms with Crippen LogP contribution in [-0.2, 0) is 0 Å². The van der Waals surface area contributed by atoms with Gasteiger partial charge in [0.15, 0.2) is 5.65 Å². The number of pyridine rings is 1. The number of benzene rings is 1. The molecule has 5 nitrogen and oxygen atoms in total. The van der Waals surface area contributed by atoms with Gasteiger partial charge in [0.05, 0.1) is 17.1 Å². The molecule has 21 heavy (non-hydrogen) atoms. The molecule has 1 aromatic carbocycles. The fourth-order valence-electron chi connectivity index (χ4n) is 2.30. The Morgan fingerprint density at radius 3 is 2.95 bits per heavy atom. The van der Waals surface area contributed by atoms with Crippen LogP contribution < -0.4 is 10.4 Å². The Balaban J connectivity index is 2.21. The minimum Gasteiger partial charge on any atom is -0.492 e. The lowest BCUT2D eigenvalue weighted by Gasteiger charge is -2.11. The molecule has 2 heterocycles. The number of alkyl halides is 1. The van der Waals surface area contributed by atoms with Crippen LogP contribution in [-0.4, -0.2) is 27.1 Å². The summed E-state index contributed by atoms with van der Waals surface area (Å²) >= 11 is 11.9. The van der Waals surface area contributed by atoms with Crippen molar-refractivity contribution in [3.05, 3.63) is 39.3 Å². The van der Waals surface area contributed by atoms with E-state index in [1.807, 2.05) is 19.1 Å². The zero-order valence-electron chi connectivity index (χ0n) is 11.3. The highest BCUT2D eigenvalue weighted by atomic mass is 35.5. The van der Waals surface area contributed by atoms with E-state index in [0.717, 1.165) is 17.4 Å². The van der Waals surface area contributed by atoms with Crippen LogP contribution in [0.5, 0.6) is 5.75 Å². The molecule has 2 aromatic heterocycles. The van der Waals surface area contributed by atoms with Crippen LogP contribution >= 0.6 is 23.2 Å². The second kappa shape index (κ2) is 5.58. The van der Waals surface area contributed by atoms with Gasteiger partial charge in [-0.25, -0.2) is 14.3 Å². The standard InChI is InChI=1S/C14H13Cl2N3O2/c1-8-5-13-17-18-14(20)19(13)11-7-10(16)12(6-9(8)11)21-4-2-3-15/h5-7H,2-4H2,1H3,(H,18,20). The van der Waals surface area contributed by atoms with Crippen LogP contribution in [0, 0.1) is 6.92 Å². The van der Waals surface area contributed by atoms with E-state index >= 15 is 0 Å². The Morgan fingerprint density at radius 2 is 2.19 bits per heavy atom. The molecule has 0 amide bonds. The third-order valence-corrected chi connectivity index (χ3v) is 3.86. The normalized spacial score (nSPS) is 11.4. The summed E-state index contributed by atoms with van der Waals surface area (Å²) < 4.78 is 7.13. The van der Waals surface area contributed by atoms with Gasteiger partial charge >= 0.3 is 5.69 Å². The highest BCUT2D eigenvalue weighted by Gasteiger charge is 2.12. The molecule has 110 valence electrons. The molecule has 0 unspecified atom stereocenters. The lowest BCUT2D eigenvalue weighted by molar-refractivity contribution is 0.319. The number of ether oxygens (including phenoxy) is 1. The van der Waals surface area contributed by atoms with Crippen molar-refractivity contribution in [3.8, 4) is 5.75 Å². The number of H-pyrrole nitrogens is 1. The van der Waals surface area contributed by atoms with Crippen molar-refractivity contribution in [2.24, 2.45) is 0 Å². The molecular formula is C14H13Cl2N3O2. The number of rotatable bonds is 4. The summed E-state index contributed by atoms with van der Waals surface area (Å²) in [6, 6.07) is 5.42. The van der Waals surface area contributed by atoms with E-state index in [4.69, 9.17) is 27.9 Å². The topological polar surface area (TPSA) is 59.4 Å². The molecular weight excluding hydrogens is 313 g/mol. The SMILES string of the molecule is Cc1cc2n[nH]c(=O)n2c2cc(Cl)c(OCCCCl)cc12. The zero-order chi connectivity index (χ0) is 15.0. The van der Waals surface area contributed by atoms with E-state index in [2.05, 4.69) is 10.2 Å². The Labute approximate surface area is 130 Å². The van der Waals surface area contributed by atoms with Gasteiger partial charge in [-0.15, -0.1) is 11.6 Å². The molecule has 7 heteroatoms. The number of nitrogens with zero attached hydrogens (tertiary/aromatic N) is 2. The number of nitrogens with one attached hydrogen (secondary N) is 1. The van der Waals surface area contributed by atoms with E-state index in [1.165, 1.54) is 4.40 Å². The minimum absolute atomic E-state index is 0.290. The Bertz CT molecular complexity index is 870. The van der Waals surface area contributed by atoms with Crippen LogP contribution in [0.25, 0.3) is 16.6 Å². The van der Waals surface area contributed by atoms with Crippen molar-refractivity contribution in [1.29, 1.82) is 0 Å². The molecule has 0 atom stereocenters. The number of hydrogen-bond donors (Lipinski definition) is 1. The highest BCUT2D eigenvalue weighted by Crippen LogP contribution is 2.32. The van der Waals surface area contributed by atoms with E-state index in [0.29, 0.717) is 34.4 Å². The van der Waals surface area contributed by atoms with E-state index in [9.17, 15) is 4.79 Å². The second-order valence-corrected chi connectivity index (χ2v) is 5.53. The number of aryl methyl sites for hydroxylation is 1. The third kappa shape index (κ3) is 2.47. The number of fused-ring (bicyclic) bond motifs is 3. The van der Waals surface area contributed by atoms with E-state index in [-0.39, 0.29) is 5.69 Å². The molecule has 0 saturated heterocycles. The molecule has 0 saturated carbocycles. The Kier molecular flexibility index (Phi) is 3.78. The monoisotopic (exact) mass is 325 g/mol. The first kappa shape index (κ1) is 14.2. The molecule has 3 aromatic rings. The summed E-state index contributed by atoms with van der Waals surface area (Å²) in [4.78, 5) is 11.9. The summed E-state index contributed by atoms with van der Waals surface area (Å²) in [5.74, 6) is 1.13. The van der Waals surface area contributed by atoms with Gasteiger partial charge < -0.3 is 4.74 Å². The summed E-state index contributed by atoms with van der Waals surface area (Å²) in [5.41, 5.74) is 1.98. The van der Waals surface area contributed by atoms with E-state index < -0.39 is 0 Å². The van der Waals surface area contributed by atoms with Gasteiger partial charge in [0.1, 0.15) is 5.75 Å². The lowest BCUT2D eigenvalue weighted by Crippen LogP contribution is -2.10. The Morgan fingerprint density at radius 1 is 1.38 bits per heavy atom. The fraction of sp³-hybridized carbons (Fsp3) is 0.286. The fourth-order valence-corrected chi connectivity index (χ4v) is 2.62. The lowest BCUT2D eigenvalue weighted by atomic mass is 10.1. The first-order valence-corrected chi connectivity index (χ1v) is 7.42. The molecule has 0 bridgehead atoms. The van der Waals surface area contributed by atoms with E-state index in [1.54, 1.807) is 6.07 Å². The molecule has 0 aliphatic heterocycles. The van der Waals surface area contributed by atoms with Gasteiger partial charge in [-0.1, -0.05) is 11.6 Å². The van der Waals surface area contributed by atoms with Crippen molar-refractivity contribution >= 4 is 39.8 Å². The molecule has 1 N–H and O–H groups in total. The first-order chi connectivity index (χ1) is 10.1. The van der Waals surface area contributed by atoms with Crippen LogP contribution in [0.3, 0.4) is 0 Å². The maximum atomic E-state index is 11.9. The van der Waals surface area contributed by atoms with Gasteiger partial charge in [0.2, 0.25) is 0 Å². The number of aromatic nitrogens is 3. The maximum Gasteiger partial charge on any atom is 0.348 e. The average molecular weight is 326 g/mol. The van der Waals surface area contributed by atoms with Gasteiger partial charge in [-0.3, -0.25) is 0 Å². The second-order valence-electron chi connectivity index (χ2n) is 4.74. The summed E-state index contributed by atoms with van der Waals surface area (Å²) in [6.45, 7) is 2.46. The quantitative estimate of drug-likeness (QED) is 0.592. The van der Waals surface area contributed by atoms with Crippen molar-refractivity contribution in [2.45, 2.75) is 13.3 Å². The molecule has 0 spiro atoms. The minimum atomic E-state index is -0.290. The van der Waals surface area contributed by atoms with Crippen molar-refractivity contribution in [3.63, 3.8) is 0 Å². The third-order valence-electron chi connectivity index (χ3n) is 3.30. The molecule has 3 rings (SSSR count). The van der Waals surface area contributed by atoms with Crippen LogP contribution in [0.2, 0.25) is 5.02 Å². The van der Waals surface area contributed by atoms with Crippen LogP contribution in [0.4, 0.5) is 0 Å². The van der Waals surface area contributed by atoms with Crippen molar-refractivity contribution < 1.29 is 4.74 Å². The summed E-state index contributed by atoms with van der Waals surface area (Å²) in [6.07, 6.45) is 0.745. The van der Waals surface area contributed by atoms with Crippen LogP contribution in [0.15, 0.2) is 23.0 Å². The molecule has 0 aliphatic rings. The average Bonchev–Trinajstić information content (AvgIpc) is 2.81. The zero-order valence-corrected chi connectivity index (χ0v) is 12.8. The number of aromatic amines is 1. The predicted molar refractivity (Wildman–Crippen MR) is 83.9 cm³/mol. The Hall–Kier alpha value is -1.72. The molecule has 0 aliphatic carbocycles. The van der Waals surface area contributed by atoms with Crippen molar-refractivity contribution in [1.82, 2.24) is 14.6 Å². The predicted octanol–water partition coefficient (Wildman–Crippen LogP) is 3.15. The van der Waals surface area contributed by atoms with Gasteiger partial charge in [0.25, 0.3) is 0 Å². The molecule has 0 fully saturated rings. The highest BCUT2D eigenvalue weighted by molar-refractivity contribution is 6.32.